The molecule has 0 N–H and O–H groups in total. The molecule has 0 spiro atoms. The van der Waals surface area contributed by atoms with Crippen molar-refractivity contribution in [3.8, 4) is 11.6 Å². The Balaban J connectivity index is 2.28. The van der Waals surface area contributed by atoms with Gasteiger partial charge in [0.05, 0.1) is 0 Å². The third kappa shape index (κ3) is 3.14. The Hall–Kier alpha value is -1.82. The minimum atomic E-state index is -1.10. The molecule has 2 aromatic rings. The Morgan fingerprint density at radius 1 is 1.32 bits per heavy atom. The van der Waals surface area contributed by atoms with Crippen LogP contribution in [0.15, 0.2) is 34.9 Å². The molecule has 0 radical (unpaired) electrons. The number of benzene rings is 1. The van der Waals surface area contributed by atoms with Crippen molar-refractivity contribution in [1.82, 2.24) is 4.98 Å². The van der Waals surface area contributed by atoms with Gasteiger partial charge >= 0.3 is 0 Å². The van der Waals surface area contributed by atoms with Gasteiger partial charge in [-0.1, -0.05) is 15.9 Å². The third-order valence-electron chi connectivity index (χ3n) is 2.32. The Labute approximate surface area is 116 Å². The second-order valence-corrected chi connectivity index (χ2v) is 4.66. The van der Waals surface area contributed by atoms with Crippen LogP contribution in [0.25, 0.3) is 0 Å². The van der Waals surface area contributed by atoms with E-state index in [1.165, 1.54) is 31.3 Å². The Morgan fingerprint density at radius 2 is 2.05 bits per heavy atom. The molecule has 2 rings (SSSR count). The van der Waals surface area contributed by atoms with Gasteiger partial charge in [0.25, 0.3) is 0 Å². The van der Waals surface area contributed by atoms with Crippen molar-refractivity contribution in [2.75, 3.05) is 0 Å². The zero-order chi connectivity index (χ0) is 14.0. The maximum Gasteiger partial charge on any atom is 0.219 e. The van der Waals surface area contributed by atoms with Crippen LogP contribution >= 0.6 is 15.9 Å². The summed E-state index contributed by atoms with van der Waals surface area (Å²) < 4.78 is 32.1. The number of ether oxygens (including phenoxy) is 1. The summed E-state index contributed by atoms with van der Waals surface area (Å²) in [5.41, 5.74) is 0.410. The zero-order valence-electron chi connectivity index (χ0n) is 9.78. The van der Waals surface area contributed by atoms with Gasteiger partial charge in [-0.25, -0.2) is 9.37 Å². The molecule has 0 aliphatic carbocycles. The average molecular weight is 328 g/mol. The summed E-state index contributed by atoms with van der Waals surface area (Å²) in [6.45, 7) is 1.40. The van der Waals surface area contributed by atoms with Crippen molar-refractivity contribution >= 4 is 21.7 Å². The average Bonchev–Trinajstić information content (AvgIpc) is 2.36. The van der Waals surface area contributed by atoms with Crippen molar-refractivity contribution in [3.05, 3.63) is 52.1 Å². The second-order valence-electron chi connectivity index (χ2n) is 3.74. The number of ketones is 1. The lowest BCUT2D eigenvalue weighted by molar-refractivity contribution is 0.101. The molecule has 0 aliphatic heterocycles. The first-order valence-electron chi connectivity index (χ1n) is 5.27. The van der Waals surface area contributed by atoms with Crippen LogP contribution in [0.2, 0.25) is 0 Å². The maximum absolute atomic E-state index is 13.5. The van der Waals surface area contributed by atoms with Crippen LogP contribution in [0.1, 0.15) is 17.3 Å². The predicted molar refractivity (Wildman–Crippen MR) is 68.4 cm³/mol. The second kappa shape index (κ2) is 5.44. The number of hydrogen-bond donors (Lipinski definition) is 0. The van der Waals surface area contributed by atoms with Crippen LogP contribution < -0.4 is 4.74 Å². The lowest BCUT2D eigenvalue weighted by Gasteiger charge is -2.07. The van der Waals surface area contributed by atoms with Gasteiger partial charge in [-0.2, -0.15) is 4.39 Å². The first-order valence-corrected chi connectivity index (χ1v) is 6.06. The molecule has 0 unspecified atom stereocenters. The van der Waals surface area contributed by atoms with E-state index in [0.717, 1.165) is 6.07 Å². The molecule has 0 amide bonds. The maximum atomic E-state index is 13.5. The number of pyridine rings is 1. The Bertz CT molecular complexity index is 629. The van der Waals surface area contributed by atoms with Gasteiger partial charge in [-0.3, -0.25) is 4.79 Å². The van der Waals surface area contributed by atoms with E-state index in [-0.39, 0.29) is 17.4 Å². The molecule has 0 aliphatic rings. The lowest BCUT2D eigenvalue weighted by Crippen LogP contribution is -1.96. The summed E-state index contributed by atoms with van der Waals surface area (Å²) in [7, 11) is 0. The quantitative estimate of drug-likeness (QED) is 0.628. The van der Waals surface area contributed by atoms with Crippen molar-refractivity contribution in [1.29, 1.82) is 0 Å². The molecule has 0 fully saturated rings. The zero-order valence-corrected chi connectivity index (χ0v) is 11.4. The number of Topliss-reactive ketones (excluding diaryl/α,β-unsaturated/α-hetero) is 1. The predicted octanol–water partition coefficient (Wildman–Crippen LogP) is 4.12. The van der Waals surface area contributed by atoms with E-state index in [4.69, 9.17) is 4.74 Å². The van der Waals surface area contributed by atoms with Gasteiger partial charge in [0.2, 0.25) is 11.7 Å². The van der Waals surface area contributed by atoms with E-state index in [2.05, 4.69) is 20.9 Å². The standard InChI is InChI=1S/C13H8BrF2NO2/c1-7(18)8-2-3-12(17-6-8)19-11-5-9(14)4-10(15)13(11)16/h2-6H,1H3. The highest BCUT2D eigenvalue weighted by atomic mass is 79.9. The van der Waals surface area contributed by atoms with Gasteiger partial charge in [-0.05, 0) is 25.1 Å². The van der Waals surface area contributed by atoms with Crippen LogP contribution in [0.5, 0.6) is 11.6 Å². The van der Waals surface area contributed by atoms with Crippen molar-refractivity contribution in [2.24, 2.45) is 0 Å². The number of aromatic nitrogens is 1. The fourth-order valence-corrected chi connectivity index (χ4v) is 1.78. The minimum absolute atomic E-state index is 0.0707. The number of rotatable bonds is 3. The topological polar surface area (TPSA) is 39.2 Å². The molecule has 0 saturated heterocycles. The molecule has 1 aromatic carbocycles. The molecule has 0 bridgehead atoms. The fraction of sp³-hybridized carbons (Fsp3) is 0.0769. The lowest BCUT2D eigenvalue weighted by atomic mass is 10.2. The molecule has 98 valence electrons. The Morgan fingerprint density at radius 3 is 2.63 bits per heavy atom. The summed E-state index contributed by atoms with van der Waals surface area (Å²) in [5, 5.41) is 0. The molecule has 0 saturated carbocycles. The van der Waals surface area contributed by atoms with Gasteiger partial charge < -0.3 is 4.74 Å². The van der Waals surface area contributed by atoms with Crippen LogP contribution in [0.3, 0.4) is 0 Å². The highest BCUT2D eigenvalue weighted by molar-refractivity contribution is 9.10. The van der Waals surface area contributed by atoms with E-state index in [9.17, 15) is 13.6 Å². The van der Waals surface area contributed by atoms with Gasteiger partial charge in [0, 0.05) is 22.3 Å². The summed E-state index contributed by atoms with van der Waals surface area (Å²) >= 11 is 3.04. The van der Waals surface area contributed by atoms with Crippen LogP contribution in [-0.2, 0) is 0 Å². The van der Waals surface area contributed by atoms with Crippen molar-refractivity contribution < 1.29 is 18.3 Å². The van der Waals surface area contributed by atoms with Gasteiger partial charge in [0.15, 0.2) is 17.3 Å². The first-order chi connectivity index (χ1) is 8.97. The van der Waals surface area contributed by atoms with Crippen LogP contribution in [0.4, 0.5) is 8.78 Å². The molecule has 19 heavy (non-hydrogen) atoms. The monoisotopic (exact) mass is 327 g/mol. The highest BCUT2D eigenvalue weighted by Crippen LogP contribution is 2.28. The Kier molecular flexibility index (Phi) is 3.90. The molecular formula is C13H8BrF2NO2. The first kappa shape index (κ1) is 13.6. The molecule has 1 heterocycles. The minimum Gasteiger partial charge on any atom is -0.436 e. The molecule has 3 nitrogen and oxygen atoms in total. The van der Waals surface area contributed by atoms with Gasteiger partial charge in [-0.15, -0.1) is 0 Å². The molecule has 6 heteroatoms. The summed E-state index contributed by atoms with van der Waals surface area (Å²) in [6.07, 6.45) is 1.31. The van der Waals surface area contributed by atoms with E-state index in [1.54, 1.807) is 0 Å². The normalized spacial score (nSPS) is 10.3. The van der Waals surface area contributed by atoms with E-state index in [0.29, 0.717) is 10.0 Å². The molecule has 0 atom stereocenters. The number of halogens is 3. The third-order valence-corrected chi connectivity index (χ3v) is 2.77. The summed E-state index contributed by atoms with van der Waals surface area (Å²) in [5.74, 6) is -2.47. The SMILES string of the molecule is CC(=O)c1ccc(Oc2cc(Br)cc(F)c2F)nc1. The largest absolute Gasteiger partial charge is 0.436 e. The smallest absolute Gasteiger partial charge is 0.219 e. The van der Waals surface area contributed by atoms with Crippen molar-refractivity contribution in [3.63, 3.8) is 0 Å². The molecular weight excluding hydrogens is 320 g/mol. The van der Waals surface area contributed by atoms with Crippen LogP contribution in [0, 0.1) is 11.6 Å². The van der Waals surface area contributed by atoms with Crippen LogP contribution in [-0.4, -0.2) is 10.8 Å². The number of nitrogens with zero attached hydrogens (tertiary/aromatic N) is 1. The van der Waals surface area contributed by atoms with Gasteiger partial charge in [0.1, 0.15) is 0 Å². The van der Waals surface area contributed by atoms with E-state index < -0.39 is 11.6 Å². The number of carbonyl (C=O) groups excluding carboxylic acids is 1. The highest BCUT2D eigenvalue weighted by Gasteiger charge is 2.12. The number of hydrogen-bond acceptors (Lipinski definition) is 3. The van der Waals surface area contributed by atoms with Crippen molar-refractivity contribution in [2.45, 2.75) is 6.92 Å². The summed E-state index contributed by atoms with van der Waals surface area (Å²) in [4.78, 5) is 14.9. The molecule has 1 aromatic heterocycles. The fourth-order valence-electron chi connectivity index (χ4n) is 1.37. The summed E-state index contributed by atoms with van der Waals surface area (Å²) in [6, 6.07) is 5.19. The van der Waals surface area contributed by atoms with E-state index in [1.807, 2.05) is 0 Å². The van der Waals surface area contributed by atoms with E-state index >= 15 is 0 Å². The number of carbonyl (C=O) groups is 1.